The van der Waals surface area contributed by atoms with E-state index in [0.29, 0.717) is 19.6 Å². The van der Waals surface area contributed by atoms with Crippen LogP contribution in [0.15, 0.2) is 24.3 Å². The Hall–Kier alpha value is -1.62. The van der Waals surface area contributed by atoms with E-state index in [1.165, 1.54) is 0 Å². The highest BCUT2D eigenvalue weighted by Gasteiger charge is 2.54. The summed E-state index contributed by atoms with van der Waals surface area (Å²) in [7, 11) is 1.65. The highest BCUT2D eigenvalue weighted by atomic mass is 16.8. The smallest absolute Gasteiger partial charge is 0.164 e. The molecule has 1 N–H and O–H groups in total. The molecular formula is C20H26O6. The van der Waals surface area contributed by atoms with Gasteiger partial charge in [-0.2, -0.15) is 0 Å². The molecule has 2 fully saturated rings. The van der Waals surface area contributed by atoms with Crippen molar-refractivity contribution < 1.29 is 28.8 Å². The third kappa shape index (κ3) is 4.56. The number of ether oxygens (including phenoxy) is 5. The Labute approximate surface area is 154 Å². The Balaban J connectivity index is 1.43. The molecule has 1 aromatic carbocycles. The van der Waals surface area contributed by atoms with Gasteiger partial charge in [0.15, 0.2) is 5.79 Å². The highest BCUT2D eigenvalue weighted by Crippen LogP contribution is 2.38. The van der Waals surface area contributed by atoms with E-state index >= 15 is 0 Å². The second-order valence-corrected chi connectivity index (χ2v) is 6.81. The molecular weight excluding hydrogens is 336 g/mol. The van der Waals surface area contributed by atoms with Crippen LogP contribution in [0.3, 0.4) is 0 Å². The molecule has 2 unspecified atom stereocenters. The molecule has 0 bridgehead atoms. The van der Waals surface area contributed by atoms with E-state index in [4.69, 9.17) is 23.7 Å². The van der Waals surface area contributed by atoms with Gasteiger partial charge in [-0.25, -0.2) is 0 Å². The van der Waals surface area contributed by atoms with Crippen molar-refractivity contribution in [3.8, 4) is 17.6 Å². The Bertz CT molecular complexity index is 645. The third-order valence-corrected chi connectivity index (χ3v) is 4.37. The Morgan fingerprint density at radius 3 is 2.58 bits per heavy atom. The van der Waals surface area contributed by atoms with Crippen molar-refractivity contribution in [3.05, 3.63) is 29.8 Å². The van der Waals surface area contributed by atoms with Crippen LogP contribution >= 0.6 is 0 Å². The second-order valence-electron chi connectivity index (χ2n) is 6.81. The van der Waals surface area contributed by atoms with Crippen LogP contribution in [0.2, 0.25) is 0 Å². The first-order chi connectivity index (χ1) is 12.5. The summed E-state index contributed by atoms with van der Waals surface area (Å²) in [5.74, 6) is 6.32. The van der Waals surface area contributed by atoms with E-state index < -0.39 is 11.9 Å². The Morgan fingerprint density at radius 1 is 1.15 bits per heavy atom. The molecule has 2 heterocycles. The summed E-state index contributed by atoms with van der Waals surface area (Å²) >= 11 is 0. The predicted octanol–water partition coefficient (Wildman–Crippen LogP) is 1.89. The number of methoxy groups -OCH3 is 1. The molecule has 0 aromatic heterocycles. The monoisotopic (exact) mass is 362 g/mol. The lowest BCUT2D eigenvalue weighted by Crippen LogP contribution is -2.31. The van der Waals surface area contributed by atoms with Gasteiger partial charge in [0.05, 0.1) is 26.9 Å². The minimum Gasteiger partial charge on any atom is -0.497 e. The normalized spacial score (nSPS) is 29.1. The number of hydrogen-bond acceptors (Lipinski definition) is 6. The first-order valence-electron chi connectivity index (χ1n) is 8.83. The fourth-order valence-corrected chi connectivity index (χ4v) is 3.15. The fourth-order valence-electron chi connectivity index (χ4n) is 3.15. The van der Waals surface area contributed by atoms with Crippen LogP contribution in [-0.2, 0) is 25.6 Å². The summed E-state index contributed by atoms with van der Waals surface area (Å²) in [5.41, 5.74) is 1.09. The second kappa shape index (κ2) is 8.38. The Morgan fingerprint density at radius 2 is 1.88 bits per heavy atom. The van der Waals surface area contributed by atoms with E-state index in [2.05, 4.69) is 11.8 Å². The number of aliphatic hydroxyl groups excluding tert-OH is 1. The molecule has 0 saturated carbocycles. The van der Waals surface area contributed by atoms with Crippen molar-refractivity contribution in [1.82, 2.24) is 0 Å². The largest absolute Gasteiger partial charge is 0.497 e. The predicted molar refractivity (Wildman–Crippen MR) is 94.6 cm³/mol. The van der Waals surface area contributed by atoms with Gasteiger partial charge in [0, 0.05) is 6.42 Å². The summed E-state index contributed by atoms with van der Waals surface area (Å²) in [6, 6.07) is 7.78. The average molecular weight is 362 g/mol. The number of fused-ring (bicyclic) bond motifs is 1. The first-order valence-corrected chi connectivity index (χ1v) is 8.83. The van der Waals surface area contributed by atoms with Crippen LogP contribution in [-0.4, -0.2) is 55.6 Å². The lowest BCUT2D eigenvalue weighted by Gasteiger charge is -2.21. The van der Waals surface area contributed by atoms with Crippen LogP contribution in [0.25, 0.3) is 0 Å². The molecule has 142 valence electrons. The average Bonchev–Trinajstić information content (AvgIpc) is 3.11. The van der Waals surface area contributed by atoms with Crippen LogP contribution < -0.4 is 4.74 Å². The molecule has 1 aromatic rings. The standard InChI is InChI=1S/C20H26O6/c1-20(2)25-18-16(24-17(12-21)19(18)26-20)6-4-5-11-23-13-14-7-9-15(22-3)10-8-14/h7-10,16-19,21H,5,11-13H2,1-3H3/t16-,17-,18?,19?/m1/s1. The first kappa shape index (κ1) is 19.2. The van der Waals surface area contributed by atoms with Crippen molar-refractivity contribution >= 4 is 0 Å². The zero-order chi connectivity index (χ0) is 18.6. The van der Waals surface area contributed by atoms with E-state index in [-0.39, 0.29) is 24.9 Å². The topological polar surface area (TPSA) is 66.4 Å². The van der Waals surface area contributed by atoms with E-state index in [0.717, 1.165) is 11.3 Å². The van der Waals surface area contributed by atoms with E-state index in [9.17, 15) is 5.11 Å². The van der Waals surface area contributed by atoms with Crippen LogP contribution in [0, 0.1) is 11.8 Å². The van der Waals surface area contributed by atoms with Gasteiger partial charge >= 0.3 is 0 Å². The highest BCUT2D eigenvalue weighted by molar-refractivity contribution is 5.26. The summed E-state index contributed by atoms with van der Waals surface area (Å²) in [4.78, 5) is 0. The van der Waals surface area contributed by atoms with Crippen LogP contribution in [0.4, 0.5) is 0 Å². The van der Waals surface area contributed by atoms with Gasteiger partial charge < -0.3 is 28.8 Å². The minimum atomic E-state index is -0.673. The molecule has 3 rings (SSSR count). The zero-order valence-corrected chi connectivity index (χ0v) is 15.4. The van der Waals surface area contributed by atoms with Crippen LogP contribution in [0.1, 0.15) is 25.8 Å². The maximum absolute atomic E-state index is 9.45. The van der Waals surface area contributed by atoms with Gasteiger partial charge in [0.25, 0.3) is 0 Å². The molecule has 2 aliphatic rings. The SMILES string of the molecule is COc1ccc(COCCC#C[C@H]2O[C@H](CO)C3OC(C)(C)OC32)cc1. The van der Waals surface area contributed by atoms with Gasteiger partial charge in [-0.3, -0.25) is 0 Å². The van der Waals surface area contributed by atoms with Gasteiger partial charge in [-0.05, 0) is 31.5 Å². The van der Waals surface area contributed by atoms with Crippen molar-refractivity contribution in [1.29, 1.82) is 0 Å². The number of benzene rings is 1. The molecule has 2 aliphatic heterocycles. The molecule has 6 nitrogen and oxygen atoms in total. The molecule has 0 radical (unpaired) electrons. The molecule has 6 heteroatoms. The lowest BCUT2D eigenvalue weighted by molar-refractivity contribution is -0.184. The van der Waals surface area contributed by atoms with Crippen LogP contribution in [0.5, 0.6) is 5.75 Å². The minimum absolute atomic E-state index is 0.107. The summed E-state index contributed by atoms with van der Waals surface area (Å²) in [6.45, 7) is 4.68. The molecule has 26 heavy (non-hydrogen) atoms. The van der Waals surface area contributed by atoms with E-state index in [1.807, 2.05) is 38.1 Å². The lowest BCUT2D eigenvalue weighted by atomic mass is 10.1. The van der Waals surface area contributed by atoms with Gasteiger partial charge in [0.2, 0.25) is 0 Å². The van der Waals surface area contributed by atoms with Gasteiger partial charge in [-0.1, -0.05) is 24.0 Å². The number of hydrogen-bond donors (Lipinski definition) is 1. The molecule has 0 amide bonds. The summed E-state index contributed by atoms with van der Waals surface area (Å²) in [5, 5.41) is 9.45. The fraction of sp³-hybridized carbons (Fsp3) is 0.600. The number of rotatable bonds is 6. The van der Waals surface area contributed by atoms with E-state index in [1.54, 1.807) is 7.11 Å². The summed E-state index contributed by atoms with van der Waals surface area (Å²) in [6.07, 6.45) is -0.732. The van der Waals surface area contributed by atoms with Gasteiger partial charge in [-0.15, -0.1) is 0 Å². The van der Waals surface area contributed by atoms with Gasteiger partial charge in [0.1, 0.15) is 30.2 Å². The molecule has 4 atom stereocenters. The quantitative estimate of drug-likeness (QED) is 0.616. The molecule has 0 spiro atoms. The molecule has 0 aliphatic carbocycles. The van der Waals surface area contributed by atoms with Crippen molar-refractivity contribution in [2.75, 3.05) is 20.3 Å². The maximum Gasteiger partial charge on any atom is 0.164 e. The van der Waals surface area contributed by atoms with Crippen molar-refractivity contribution in [2.24, 2.45) is 0 Å². The zero-order valence-electron chi connectivity index (χ0n) is 15.4. The van der Waals surface area contributed by atoms with Crippen molar-refractivity contribution in [2.45, 2.75) is 57.1 Å². The number of aliphatic hydroxyl groups is 1. The molecule has 2 saturated heterocycles. The summed E-state index contributed by atoms with van der Waals surface area (Å²) < 4.78 is 28.2. The third-order valence-electron chi connectivity index (χ3n) is 4.37. The van der Waals surface area contributed by atoms with Crippen molar-refractivity contribution in [3.63, 3.8) is 0 Å². The maximum atomic E-state index is 9.45. The Kier molecular flexibility index (Phi) is 6.17.